The highest BCUT2D eigenvalue weighted by molar-refractivity contribution is 7.88. The van der Waals surface area contributed by atoms with Crippen LogP contribution in [0, 0.1) is 18.3 Å². The van der Waals surface area contributed by atoms with Crippen molar-refractivity contribution in [3.8, 4) is 22.9 Å². The van der Waals surface area contributed by atoms with Crippen molar-refractivity contribution in [2.45, 2.75) is 12.4 Å². The molecule has 138 valence electrons. The first-order valence-electron chi connectivity index (χ1n) is 6.84. The minimum atomic E-state index is -5.82. The van der Waals surface area contributed by atoms with E-state index < -0.39 is 27.3 Å². The normalized spacial score (nSPS) is 11.8. The van der Waals surface area contributed by atoms with E-state index in [0.29, 0.717) is 5.69 Å². The van der Waals surface area contributed by atoms with Crippen LogP contribution in [0.3, 0.4) is 0 Å². The first kappa shape index (κ1) is 19.3. The lowest BCUT2D eigenvalue weighted by molar-refractivity contribution is -0.0500. The number of alkyl halides is 3. The number of carboxylic acid groups (broad SMARTS) is 1. The number of carboxylic acids is 1. The van der Waals surface area contributed by atoms with Crippen LogP contribution in [-0.2, 0) is 17.2 Å². The smallest absolute Gasteiger partial charge is 0.477 e. The summed E-state index contributed by atoms with van der Waals surface area (Å²) >= 11 is 0. The SMILES string of the molecule is Cc1c(C#N)c(-c2ccc(OS(=O)(=O)C(F)(F)F)cc2)c(C(=O)O)n1C. The minimum Gasteiger partial charge on any atom is -0.477 e. The van der Waals surface area contributed by atoms with Gasteiger partial charge in [0.1, 0.15) is 17.5 Å². The fraction of sp³-hybridized carbons (Fsp3) is 0.200. The summed E-state index contributed by atoms with van der Waals surface area (Å²) in [5.41, 5.74) is -5.01. The number of hydrogen-bond donors (Lipinski definition) is 1. The van der Waals surface area contributed by atoms with E-state index >= 15 is 0 Å². The van der Waals surface area contributed by atoms with E-state index in [1.807, 2.05) is 6.07 Å². The van der Waals surface area contributed by atoms with Gasteiger partial charge in [-0.15, -0.1) is 0 Å². The summed E-state index contributed by atoms with van der Waals surface area (Å²) in [6.45, 7) is 1.54. The molecular weight excluding hydrogens is 377 g/mol. The molecule has 0 spiro atoms. The maximum absolute atomic E-state index is 12.3. The van der Waals surface area contributed by atoms with Crippen molar-refractivity contribution in [1.82, 2.24) is 4.57 Å². The van der Waals surface area contributed by atoms with Crippen molar-refractivity contribution >= 4 is 16.1 Å². The monoisotopic (exact) mass is 388 g/mol. The van der Waals surface area contributed by atoms with Crippen LogP contribution in [0.1, 0.15) is 21.7 Å². The van der Waals surface area contributed by atoms with Gasteiger partial charge in [0.15, 0.2) is 0 Å². The largest absolute Gasteiger partial charge is 0.534 e. The Morgan fingerprint density at radius 1 is 1.27 bits per heavy atom. The van der Waals surface area contributed by atoms with Crippen molar-refractivity contribution in [2.24, 2.45) is 7.05 Å². The molecule has 0 fully saturated rings. The molecule has 0 aliphatic carbocycles. The maximum atomic E-state index is 12.3. The Hall–Kier alpha value is -3.00. The van der Waals surface area contributed by atoms with Crippen molar-refractivity contribution in [3.63, 3.8) is 0 Å². The van der Waals surface area contributed by atoms with Crippen molar-refractivity contribution in [3.05, 3.63) is 41.2 Å². The maximum Gasteiger partial charge on any atom is 0.534 e. The molecule has 26 heavy (non-hydrogen) atoms. The molecule has 7 nitrogen and oxygen atoms in total. The molecule has 1 aromatic carbocycles. The number of hydrogen-bond acceptors (Lipinski definition) is 5. The standard InChI is InChI=1S/C15H11F3N2O5S/c1-8-11(7-19)12(13(14(21)22)20(8)2)9-3-5-10(6-4-9)25-26(23,24)15(16,17)18/h3-6H,1-2H3,(H,21,22). The molecule has 0 atom stereocenters. The van der Waals surface area contributed by atoms with Gasteiger partial charge in [-0.2, -0.15) is 26.9 Å². The number of nitriles is 1. The Morgan fingerprint density at radius 2 is 1.81 bits per heavy atom. The van der Waals surface area contributed by atoms with Crippen LogP contribution in [0.4, 0.5) is 13.2 Å². The summed E-state index contributed by atoms with van der Waals surface area (Å²) in [6, 6.07) is 6.11. The highest BCUT2D eigenvalue weighted by Crippen LogP contribution is 2.34. The van der Waals surface area contributed by atoms with Gasteiger partial charge in [0.2, 0.25) is 0 Å². The lowest BCUT2D eigenvalue weighted by atomic mass is 10.0. The van der Waals surface area contributed by atoms with E-state index in [9.17, 15) is 36.8 Å². The average Bonchev–Trinajstić information content (AvgIpc) is 2.78. The van der Waals surface area contributed by atoms with Gasteiger partial charge >= 0.3 is 21.6 Å². The highest BCUT2D eigenvalue weighted by Gasteiger charge is 2.48. The number of rotatable bonds is 4. The molecule has 0 aliphatic heterocycles. The number of carbonyl (C=O) groups is 1. The van der Waals surface area contributed by atoms with Gasteiger partial charge in [0.25, 0.3) is 0 Å². The predicted molar refractivity (Wildman–Crippen MR) is 82.9 cm³/mol. The summed E-state index contributed by atoms with van der Waals surface area (Å²) in [6.07, 6.45) is 0. The van der Waals surface area contributed by atoms with E-state index in [2.05, 4.69) is 4.18 Å². The first-order chi connectivity index (χ1) is 11.9. The molecule has 0 saturated carbocycles. The topological polar surface area (TPSA) is 109 Å². The van der Waals surface area contributed by atoms with Crippen molar-refractivity contribution in [2.75, 3.05) is 0 Å². The minimum absolute atomic E-state index is 0.0743. The lowest BCUT2D eigenvalue weighted by Crippen LogP contribution is -2.28. The second kappa shape index (κ2) is 6.38. The van der Waals surface area contributed by atoms with Gasteiger partial charge in [-0.05, 0) is 24.6 Å². The molecule has 1 N–H and O–H groups in total. The zero-order valence-corrected chi connectivity index (χ0v) is 14.1. The number of benzene rings is 1. The zero-order chi connectivity index (χ0) is 19.9. The Morgan fingerprint density at radius 3 is 2.23 bits per heavy atom. The van der Waals surface area contributed by atoms with Gasteiger partial charge < -0.3 is 13.9 Å². The third-order valence-electron chi connectivity index (χ3n) is 3.63. The third kappa shape index (κ3) is 3.23. The number of halogens is 3. The zero-order valence-electron chi connectivity index (χ0n) is 13.3. The van der Waals surface area contributed by atoms with Gasteiger partial charge in [0.05, 0.1) is 5.56 Å². The molecule has 0 aliphatic rings. The summed E-state index contributed by atoms with van der Waals surface area (Å²) in [5.74, 6) is -1.90. The Bertz CT molecular complexity index is 1020. The third-order valence-corrected chi connectivity index (χ3v) is 4.61. The Labute approximate surface area is 146 Å². The summed E-state index contributed by atoms with van der Waals surface area (Å²) in [7, 11) is -4.36. The van der Waals surface area contributed by atoms with Gasteiger partial charge in [0, 0.05) is 18.3 Å². The molecule has 0 amide bonds. The average molecular weight is 388 g/mol. The van der Waals surface area contributed by atoms with Crippen molar-refractivity contribution < 1.29 is 35.7 Å². The quantitative estimate of drug-likeness (QED) is 0.637. The van der Waals surface area contributed by atoms with Crippen LogP contribution in [0.15, 0.2) is 24.3 Å². The number of nitrogens with zero attached hydrogens (tertiary/aromatic N) is 2. The van der Waals surface area contributed by atoms with Crippen LogP contribution >= 0.6 is 0 Å². The molecule has 1 aromatic heterocycles. The summed E-state index contributed by atoms with van der Waals surface area (Å²) in [4.78, 5) is 11.5. The second-order valence-corrected chi connectivity index (χ2v) is 6.71. The summed E-state index contributed by atoms with van der Waals surface area (Å²) < 4.78 is 64.3. The van der Waals surface area contributed by atoms with E-state index in [4.69, 9.17) is 0 Å². The van der Waals surface area contributed by atoms with Gasteiger partial charge in [-0.3, -0.25) is 0 Å². The molecule has 0 bridgehead atoms. The lowest BCUT2D eigenvalue weighted by Gasteiger charge is -2.10. The Kier molecular flexibility index (Phi) is 4.74. The summed E-state index contributed by atoms with van der Waals surface area (Å²) in [5, 5.41) is 18.7. The molecular formula is C15H11F3N2O5S. The first-order valence-corrected chi connectivity index (χ1v) is 8.25. The molecule has 11 heteroatoms. The number of aromatic nitrogens is 1. The van der Waals surface area contributed by atoms with E-state index in [1.165, 1.54) is 23.7 Å². The van der Waals surface area contributed by atoms with Crippen LogP contribution in [0.25, 0.3) is 11.1 Å². The molecule has 1 heterocycles. The van der Waals surface area contributed by atoms with Gasteiger partial charge in [-0.1, -0.05) is 12.1 Å². The van der Waals surface area contributed by atoms with E-state index in [0.717, 1.165) is 12.1 Å². The Balaban J connectivity index is 2.53. The number of aromatic carboxylic acids is 1. The highest BCUT2D eigenvalue weighted by atomic mass is 32.2. The molecule has 0 unspecified atom stereocenters. The van der Waals surface area contributed by atoms with Crippen LogP contribution < -0.4 is 4.18 Å². The fourth-order valence-corrected chi connectivity index (χ4v) is 2.78. The van der Waals surface area contributed by atoms with E-state index in [-0.39, 0.29) is 22.4 Å². The fourth-order valence-electron chi connectivity index (χ4n) is 2.32. The van der Waals surface area contributed by atoms with Crippen molar-refractivity contribution in [1.29, 1.82) is 5.26 Å². The molecule has 2 rings (SSSR count). The molecule has 0 radical (unpaired) electrons. The van der Waals surface area contributed by atoms with Crippen LogP contribution in [0.5, 0.6) is 5.75 Å². The second-order valence-electron chi connectivity index (χ2n) is 5.17. The predicted octanol–water partition coefficient (Wildman–Crippen LogP) is 2.80. The molecule has 0 saturated heterocycles. The van der Waals surface area contributed by atoms with Gasteiger partial charge in [-0.25, -0.2) is 4.79 Å². The molecule has 2 aromatic rings. The van der Waals surface area contributed by atoms with E-state index in [1.54, 1.807) is 6.92 Å². The van der Waals surface area contributed by atoms with Crippen LogP contribution in [0.2, 0.25) is 0 Å². The van der Waals surface area contributed by atoms with Crippen LogP contribution in [-0.4, -0.2) is 29.6 Å².